The van der Waals surface area contributed by atoms with Gasteiger partial charge in [-0.25, -0.2) is 4.98 Å². The fourth-order valence-electron chi connectivity index (χ4n) is 4.29. The molecule has 0 unspecified atom stereocenters. The van der Waals surface area contributed by atoms with Crippen LogP contribution in [0.5, 0.6) is 0 Å². The third-order valence-corrected chi connectivity index (χ3v) is 6.11. The minimum atomic E-state index is -4.48. The molecular weight excluding hydrogens is 449 g/mol. The SMILES string of the molecule is O=C(CN1CCN(c2ccc(C(F)(F)F)cn2)C(=O)C1)N1CC=C(c2cccc3ccoc23)C1. The predicted molar refractivity (Wildman–Crippen MR) is 119 cm³/mol. The first-order chi connectivity index (χ1) is 16.3. The monoisotopic (exact) mass is 470 g/mol. The lowest BCUT2D eigenvalue weighted by atomic mass is 10.0. The molecule has 0 radical (unpaired) electrons. The number of hydrogen-bond acceptors (Lipinski definition) is 5. The highest BCUT2D eigenvalue weighted by atomic mass is 19.4. The van der Waals surface area contributed by atoms with Crippen LogP contribution in [-0.4, -0.2) is 65.9 Å². The standard InChI is InChI=1S/C24H21F3N4O3/c25-24(26,27)18-4-5-20(28-12-18)31-10-9-29(15-22(31)33)14-21(32)30-8-6-17(13-30)19-3-1-2-16-7-11-34-23(16)19/h1-7,11-12H,8-10,13-15H2. The number of para-hydroxylation sites is 1. The van der Waals surface area contributed by atoms with Crippen molar-refractivity contribution in [3.05, 3.63) is 66.1 Å². The second kappa shape index (κ2) is 8.60. The Balaban J connectivity index is 1.17. The van der Waals surface area contributed by atoms with Crippen molar-refractivity contribution in [3.63, 3.8) is 0 Å². The van der Waals surface area contributed by atoms with Crippen molar-refractivity contribution in [3.8, 4) is 0 Å². The first kappa shape index (κ1) is 22.1. The summed E-state index contributed by atoms with van der Waals surface area (Å²) in [5.74, 6) is -0.229. The van der Waals surface area contributed by atoms with E-state index in [9.17, 15) is 22.8 Å². The van der Waals surface area contributed by atoms with Gasteiger partial charge in [0.15, 0.2) is 0 Å². The molecule has 0 bridgehead atoms. The minimum absolute atomic E-state index is 0.00568. The van der Waals surface area contributed by atoms with Crippen molar-refractivity contribution < 1.29 is 27.2 Å². The maximum absolute atomic E-state index is 12.9. The number of piperazine rings is 1. The average molecular weight is 470 g/mol. The van der Waals surface area contributed by atoms with Gasteiger partial charge in [-0.3, -0.25) is 19.4 Å². The van der Waals surface area contributed by atoms with Crippen molar-refractivity contribution in [2.24, 2.45) is 0 Å². The highest BCUT2D eigenvalue weighted by molar-refractivity contribution is 5.95. The Labute approximate surface area is 193 Å². The summed E-state index contributed by atoms with van der Waals surface area (Å²) in [6, 6.07) is 9.89. The maximum Gasteiger partial charge on any atom is 0.417 e. The van der Waals surface area contributed by atoms with Gasteiger partial charge in [-0.15, -0.1) is 0 Å². The van der Waals surface area contributed by atoms with Gasteiger partial charge < -0.3 is 9.32 Å². The van der Waals surface area contributed by atoms with E-state index >= 15 is 0 Å². The summed E-state index contributed by atoms with van der Waals surface area (Å²) < 4.78 is 43.8. The molecule has 0 saturated carbocycles. The highest BCUT2D eigenvalue weighted by Gasteiger charge is 2.33. The van der Waals surface area contributed by atoms with Crippen LogP contribution in [-0.2, 0) is 15.8 Å². The number of pyridine rings is 1. The van der Waals surface area contributed by atoms with E-state index in [0.717, 1.165) is 34.4 Å². The number of furan rings is 1. The lowest BCUT2D eigenvalue weighted by molar-refractivity contribution is -0.137. The first-order valence-corrected chi connectivity index (χ1v) is 10.8. The lowest BCUT2D eigenvalue weighted by Gasteiger charge is -2.34. The molecule has 176 valence electrons. The summed E-state index contributed by atoms with van der Waals surface area (Å²) in [6.45, 7) is 1.69. The number of anilines is 1. The number of halogens is 3. The molecule has 2 amide bonds. The Hall–Kier alpha value is -3.66. The van der Waals surface area contributed by atoms with Crippen molar-refractivity contribution in [2.45, 2.75) is 6.18 Å². The van der Waals surface area contributed by atoms with Crippen LogP contribution in [0, 0.1) is 0 Å². The summed E-state index contributed by atoms with van der Waals surface area (Å²) in [4.78, 5) is 34.1. The van der Waals surface area contributed by atoms with Gasteiger partial charge in [0, 0.05) is 43.3 Å². The van der Waals surface area contributed by atoms with E-state index in [-0.39, 0.29) is 37.3 Å². The lowest BCUT2D eigenvalue weighted by Crippen LogP contribution is -2.53. The molecule has 4 heterocycles. The molecular formula is C24H21F3N4O3. The predicted octanol–water partition coefficient (Wildman–Crippen LogP) is 3.42. The Bertz CT molecular complexity index is 1270. The first-order valence-electron chi connectivity index (χ1n) is 10.8. The number of alkyl halides is 3. The number of carbonyl (C=O) groups excluding carboxylic acids is 2. The number of hydrogen-bond donors (Lipinski definition) is 0. The van der Waals surface area contributed by atoms with Gasteiger partial charge in [-0.1, -0.05) is 24.3 Å². The minimum Gasteiger partial charge on any atom is -0.464 e. The van der Waals surface area contributed by atoms with E-state index in [1.165, 1.54) is 11.0 Å². The third kappa shape index (κ3) is 4.28. The number of fused-ring (bicyclic) bond motifs is 1. The molecule has 0 spiro atoms. The van der Waals surface area contributed by atoms with Crippen LogP contribution in [0.15, 0.2) is 59.4 Å². The summed E-state index contributed by atoms with van der Waals surface area (Å²) in [5.41, 5.74) is 1.91. The van der Waals surface area contributed by atoms with Gasteiger partial charge in [0.25, 0.3) is 0 Å². The quantitative estimate of drug-likeness (QED) is 0.585. The van der Waals surface area contributed by atoms with Crippen LogP contribution in [0.1, 0.15) is 11.1 Å². The van der Waals surface area contributed by atoms with Crippen LogP contribution in [0.3, 0.4) is 0 Å². The average Bonchev–Trinajstić information content (AvgIpc) is 3.48. The van der Waals surface area contributed by atoms with Crippen LogP contribution in [0.4, 0.5) is 19.0 Å². The summed E-state index contributed by atoms with van der Waals surface area (Å²) >= 11 is 0. The number of aromatic nitrogens is 1. The molecule has 7 nitrogen and oxygen atoms in total. The van der Waals surface area contributed by atoms with Crippen molar-refractivity contribution >= 4 is 34.2 Å². The summed E-state index contributed by atoms with van der Waals surface area (Å²) in [5, 5.41) is 1.00. The molecule has 34 heavy (non-hydrogen) atoms. The number of rotatable bonds is 4. The van der Waals surface area contributed by atoms with Crippen molar-refractivity contribution in [1.82, 2.24) is 14.8 Å². The number of nitrogens with zero attached hydrogens (tertiary/aromatic N) is 4. The molecule has 5 rings (SSSR count). The second-order valence-corrected chi connectivity index (χ2v) is 8.31. The van der Waals surface area contributed by atoms with E-state index in [1.807, 2.05) is 30.3 Å². The molecule has 2 aliphatic rings. The molecule has 2 aromatic heterocycles. The van der Waals surface area contributed by atoms with Crippen molar-refractivity contribution in [2.75, 3.05) is 44.2 Å². The van der Waals surface area contributed by atoms with E-state index < -0.39 is 11.7 Å². The molecule has 2 aliphatic heterocycles. The zero-order valence-corrected chi connectivity index (χ0v) is 18.1. The number of benzene rings is 1. The van der Waals surface area contributed by atoms with Gasteiger partial charge in [0.2, 0.25) is 11.8 Å². The molecule has 0 aliphatic carbocycles. The normalized spacial score (nSPS) is 17.5. The number of carbonyl (C=O) groups is 2. The fraction of sp³-hybridized carbons (Fsp3) is 0.292. The molecule has 1 fully saturated rings. The fourth-order valence-corrected chi connectivity index (χ4v) is 4.29. The third-order valence-electron chi connectivity index (χ3n) is 6.11. The zero-order chi connectivity index (χ0) is 23.9. The smallest absolute Gasteiger partial charge is 0.417 e. The maximum atomic E-state index is 12.9. The van der Waals surface area contributed by atoms with Crippen LogP contribution >= 0.6 is 0 Å². The molecule has 0 N–H and O–H groups in total. The van der Waals surface area contributed by atoms with E-state index in [2.05, 4.69) is 4.98 Å². The molecule has 3 aromatic rings. The Morgan fingerprint density at radius 2 is 1.94 bits per heavy atom. The Morgan fingerprint density at radius 3 is 2.68 bits per heavy atom. The van der Waals surface area contributed by atoms with Crippen LogP contribution in [0.25, 0.3) is 16.5 Å². The van der Waals surface area contributed by atoms with Gasteiger partial charge in [-0.2, -0.15) is 13.2 Å². The molecule has 10 heteroatoms. The Kier molecular flexibility index (Phi) is 5.60. The largest absolute Gasteiger partial charge is 0.464 e. The van der Waals surface area contributed by atoms with Gasteiger partial charge >= 0.3 is 6.18 Å². The summed E-state index contributed by atoms with van der Waals surface area (Å²) in [6.07, 6.45) is -0.110. The van der Waals surface area contributed by atoms with Crippen LogP contribution in [0.2, 0.25) is 0 Å². The summed E-state index contributed by atoms with van der Waals surface area (Å²) in [7, 11) is 0. The van der Waals surface area contributed by atoms with Gasteiger partial charge in [-0.05, 0) is 23.8 Å². The zero-order valence-electron chi connectivity index (χ0n) is 18.1. The highest BCUT2D eigenvalue weighted by Crippen LogP contribution is 2.30. The molecule has 0 atom stereocenters. The topological polar surface area (TPSA) is 69.9 Å². The molecule has 1 saturated heterocycles. The van der Waals surface area contributed by atoms with E-state index in [4.69, 9.17) is 4.42 Å². The van der Waals surface area contributed by atoms with E-state index in [1.54, 1.807) is 16.1 Å². The van der Waals surface area contributed by atoms with Gasteiger partial charge in [0.1, 0.15) is 11.4 Å². The second-order valence-electron chi connectivity index (χ2n) is 8.31. The van der Waals surface area contributed by atoms with Crippen molar-refractivity contribution in [1.29, 1.82) is 0 Å². The van der Waals surface area contributed by atoms with E-state index in [0.29, 0.717) is 19.6 Å². The number of amides is 2. The Morgan fingerprint density at radius 1 is 1.09 bits per heavy atom. The van der Waals surface area contributed by atoms with Gasteiger partial charge in [0.05, 0.1) is 24.9 Å². The van der Waals surface area contributed by atoms with Crippen LogP contribution < -0.4 is 4.90 Å². The molecule has 1 aromatic carbocycles.